The molecule has 1 nitrogen and oxygen atoms in total. The standard InChI is InChI=1S/C17H23ClNSi/c1-19(20-13-12-18,14-16-8-4-2-5-9-16)15-17-10-6-3-7-11-17/h2-11H,12-15,20H2,1H3/q+1. The van der Waals surface area contributed by atoms with Gasteiger partial charge in [-0.15, -0.1) is 11.6 Å². The smallest absolute Gasteiger partial charge is 0.256 e. The number of hydrogen-bond donors (Lipinski definition) is 0. The van der Waals surface area contributed by atoms with Crippen molar-refractivity contribution in [3.8, 4) is 0 Å². The van der Waals surface area contributed by atoms with Crippen molar-refractivity contribution in [2.24, 2.45) is 0 Å². The quantitative estimate of drug-likeness (QED) is 0.542. The molecule has 0 fully saturated rings. The van der Waals surface area contributed by atoms with Crippen LogP contribution in [0.25, 0.3) is 0 Å². The van der Waals surface area contributed by atoms with E-state index in [0.29, 0.717) is 0 Å². The minimum atomic E-state index is -0.253. The normalized spacial score (nSPS) is 12.1. The molecule has 0 saturated carbocycles. The van der Waals surface area contributed by atoms with Crippen LogP contribution in [0.2, 0.25) is 6.04 Å². The average molecular weight is 305 g/mol. The molecule has 0 aromatic heterocycles. The Kier molecular flexibility index (Phi) is 5.83. The summed E-state index contributed by atoms with van der Waals surface area (Å²) < 4.78 is 1.14. The maximum atomic E-state index is 5.94. The van der Waals surface area contributed by atoms with E-state index in [1.807, 2.05) is 0 Å². The predicted molar refractivity (Wildman–Crippen MR) is 90.5 cm³/mol. The van der Waals surface area contributed by atoms with Gasteiger partial charge >= 0.3 is 0 Å². The Labute approximate surface area is 129 Å². The maximum Gasteiger partial charge on any atom is 0.256 e. The van der Waals surface area contributed by atoms with Gasteiger partial charge in [0, 0.05) is 23.1 Å². The van der Waals surface area contributed by atoms with Crippen LogP contribution in [0.15, 0.2) is 60.7 Å². The lowest BCUT2D eigenvalue weighted by atomic mass is 10.2. The number of halogens is 1. The highest BCUT2D eigenvalue weighted by molar-refractivity contribution is 6.30. The Balaban J connectivity index is 2.12. The fourth-order valence-electron chi connectivity index (χ4n) is 2.70. The molecule has 0 radical (unpaired) electrons. The van der Waals surface area contributed by atoms with Gasteiger partial charge in [-0.25, -0.2) is 0 Å². The third kappa shape index (κ3) is 4.78. The number of quaternary nitrogens is 1. The second-order valence-corrected chi connectivity index (χ2v) is 8.73. The van der Waals surface area contributed by atoms with Gasteiger partial charge in [0.1, 0.15) is 0 Å². The Morgan fingerprint density at radius 3 is 1.70 bits per heavy atom. The van der Waals surface area contributed by atoms with Gasteiger partial charge in [0.15, 0.2) is 0 Å². The van der Waals surface area contributed by atoms with E-state index in [1.54, 1.807) is 0 Å². The van der Waals surface area contributed by atoms with Crippen LogP contribution in [-0.2, 0) is 13.1 Å². The van der Waals surface area contributed by atoms with Gasteiger partial charge in [0.05, 0.1) is 20.1 Å². The highest BCUT2D eigenvalue weighted by Gasteiger charge is 2.22. The molecule has 0 aliphatic heterocycles. The summed E-state index contributed by atoms with van der Waals surface area (Å²) in [5.41, 5.74) is 2.85. The number of hydrogen-bond acceptors (Lipinski definition) is 0. The average Bonchev–Trinajstić information content (AvgIpc) is 2.47. The summed E-state index contributed by atoms with van der Waals surface area (Å²) in [4.78, 5) is 0. The minimum absolute atomic E-state index is 0.253. The van der Waals surface area contributed by atoms with Crippen molar-refractivity contribution in [1.82, 2.24) is 0 Å². The van der Waals surface area contributed by atoms with E-state index in [4.69, 9.17) is 11.6 Å². The molecule has 106 valence electrons. The number of rotatable bonds is 7. The van der Waals surface area contributed by atoms with Crippen LogP contribution in [0.4, 0.5) is 0 Å². The van der Waals surface area contributed by atoms with Crippen LogP contribution in [-0.4, -0.2) is 26.8 Å². The van der Waals surface area contributed by atoms with E-state index in [9.17, 15) is 0 Å². The summed E-state index contributed by atoms with van der Waals surface area (Å²) in [5, 5.41) is 0. The molecule has 0 N–H and O–H groups in total. The van der Waals surface area contributed by atoms with Crippen molar-refractivity contribution in [2.75, 3.05) is 12.9 Å². The summed E-state index contributed by atoms with van der Waals surface area (Å²) in [6.07, 6.45) is 0. The third-order valence-electron chi connectivity index (χ3n) is 3.65. The maximum absolute atomic E-state index is 5.94. The van der Waals surface area contributed by atoms with E-state index in [0.717, 1.165) is 23.1 Å². The molecule has 2 aromatic carbocycles. The molecule has 2 rings (SSSR count). The first-order valence-corrected chi connectivity index (χ1v) is 9.36. The van der Waals surface area contributed by atoms with Crippen molar-refractivity contribution >= 4 is 21.3 Å². The van der Waals surface area contributed by atoms with E-state index in [2.05, 4.69) is 67.7 Å². The zero-order chi connectivity index (χ0) is 14.3. The first-order chi connectivity index (χ1) is 9.72. The molecule has 20 heavy (non-hydrogen) atoms. The van der Waals surface area contributed by atoms with Gasteiger partial charge in [0.25, 0.3) is 9.68 Å². The summed E-state index contributed by atoms with van der Waals surface area (Å²) in [6, 6.07) is 22.8. The molecule has 0 amide bonds. The van der Waals surface area contributed by atoms with Gasteiger partial charge in [-0.1, -0.05) is 60.7 Å². The van der Waals surface area contributed by atoms with Crippen molar-refractivity contribution in [2.45, 2.75) is 19.1 Å². The largest absolute Gasteiger partial charge is 0.383 e. The van der Waals surface area contributed by atoms with Crippen LogP contribution in [0, 0.1) is 0 Å². The lowest BCUT2D eigenvalue weighted by Crippen LogP contribution is -2.45. The van der Waals surface area contributed by atoms with Crippen LogP contribution < -0.4 is 0 Å². The van der Waals surface area contributed by atoms with E-state index in [1.165, 1.54) is 17.2 Å². The molecule has 0 aliphatic rings. The zero-order valence-corrected chi connectivity index (χ0v) is 14.3. The second kappa shape index (κ2) is 7.63. The highest BCUT2D eigenvalue weighted by atomic mass is 35.5. The van der Waals surface area contributed by atoms with Gasteiger partial charge in [-0.2, -0.15) is 0 Å². The molecular weight excluding hydrogens is 282 g/mol. The number of nitrogens with zero attached hydrogens (tertiary/aromatic N) is 1. The zero-order valence-electron chi connectivity index (χ0n) is 12.1. The summed E-state index contributed by atoms with van der Waals surface area (Å²) >= 11 is 5.94. The van der Waals surface area contributed by atoms with E-state index in [-0.39, 0.29) is 9.68 Å². The predicted octanol–water partition coefficient (Wildman–Crippen LogP) is 3.57. The minimum Gasteiger partial charge on any atom is -0.383 e. The van der Waals surface area contributed by atoms with Crippen LogP contribution in [0.5, 0.6) is 0 Å². The molecule has 0 spiro atoms. The second-order valence-electron chi connectivity index (χ2n) is 5.67. The topological polar surface area (TPSA) is 0 Å². The summed E-state index contributed by atoms with van der Waals surface area (Å²) in [5.74, 6) is 0.795. The molecule has 3 heteroatoms. The fourth-order valence-corrected chi connectivity index (χ4v) is 4.78. The lowest BCUT2D eigenvalue weighted by molar-refractivity contribution is -0.829. The SMILES string of the molecule is C[N+](Cc1ccccc1)(Cc1ccccc1)[SiH2]CCCl. The summed E-state index contributed by atoms with van der Waals surface area (Å²) in [7, 11) is 2.13. The Hall–Kier alpha value is -1.09. The van der Waals surface area contributed by atoms with Gasteiger partial charge in [-0.3, -0.25) is 0 Å². The van der Waals surface area contributed by atoms with E-state index >= 15 is 0 Å². The van der Waals surface area contributed by atoms with Gasteiger partial charge in [-0.05, 0) is 0 Å². The highest BCUT2D eigenvalue weighted by Crippen LogP contribution is 2.17. The molecule has 0 bridgehead atoms. The van der Waals surface area contributed by atoms with E-state index < -0.39 is 0 Å². The molecule has 0 heterocycles. The van der Waals surface area contributed by atoms with Crippen molar-refractivity contribution in [1.29, 1.82) is 0 Å². The summed E-state index contributed by atoms with van der Waals surface area (Å²) in [6.45, 7) is 2.22. The monoisotopic (exact) mass is 304 g/mol. The van der Waals surface area contributed by atoms with Crippen molar-refractivity contribution in [3.05, 3.63) is 71.8 Å². The van der Waals surface area contributed by atoms with Gasteiger partial charge < -0.3 is 4.15 Å². The molecule has 2 aromatic rings. The number of benzene rings is 2. The molecular formula is C17H23ClNSi+. The Morgan fingerprint density at radius 1 is 0.850 bits per heavy atom. The van der Waals surface area contributed by atoms with Crippen LogP contribution >= 0.6 is 11.6 Å². The van der Waals surface area contributed by atoms with Crippen molar-refractivity contribution in [3.63, 3.8) is 0 Å². The first-order valence-electron chi connectivity index (χ1n) is 7.19. The lowest BCUT2D eigenvalue weighted by Gasteiger charge is -2.36. The van der Waals surface area contributed by atoms with Crippen molar-refractivity contribution < 1.29 is 4.15 Å². The first kappa shape index (κ1) is 15.3. The molecule has 0 unspecified atom stereocenters. The number of alkyl halides is 1. The molecule has 0 aliphatic carbocycles. The fraction of sp³-hybridized carbons (Fsp3) is 0.294. The molecule has 0 atom stereocenters. The van der Waals surface area contributed by atoms with Crippen LogP contribution in [0.1, 0.15) is 11.1 Å². The molecule has 0 saturated heterocycles. The Morgan fingerprint density at radius 2 is 1.30 bits per heavy atom. The van der Waals surface area contributed by atoms with Gasteiger partial charge in [0.2, 0.25) is 0 Å². The Bertz CT molecular complexity index is 459. The van der Waals surface area contributed by atoms with Crippen LogP contribution in [0.3, 0.4) is 0 Å². The third-order valence-corrected chi connectivity index (χ3v) is 6.56.